The molecular formula is C14H20N4O. The van der Waals surface area contributed by atoms with Crippen molar-refractivity contribution < 1.29 is 4.79 Å². The molecule has 0 aromatic heterocycles. The van der Waals surface area contributed by atoms with E-state index < -0.39 is 0 Å². The highest BCUT2D eigenvalue weighted by Crippen LogP contribution is 2.15. The van der Waals surface area contributed by atoms with Crippen LogP contribution in [-0.2, 0) is 0 Å². The average molecular weight is 260 g/mol. The summed E-state index contributed by atoms with van der Waals surface area (Å²) >= 11 is 0. The first-order valence-electron chi connectivity index (χ1n) is 6.60. The van der Waals surface area contributed by atoms with Gasteiger partial charge in [0.2, 0.25) is 5.96 Å². The fourth-order valence-corrected chi connectivity index (χ4v) is 2.05. The zero-order chi connectivity index (χ0) is 13.7. The fourth-order valence-electron chi connectivity index (χ4n) is 2.05. The van der Waals surface area contributed by atoms with Gasteiger partial charge in [0.25, 0.3) is 5.91 Å². The molecule has 0 spiro atoms. The summed E-state index contributed by atoms with van der Waals surface area (Å²) in [7, 11) is 0. The molecule has 102 valence electrons. The second-order valence-corrected chi connectivity index (χ2v) is 4.94. The molecule has 3 N–H and O–H groups in total. The first-order valence-corrected chi connectivity index (χ1v) is 6.60. The van der Waals surface area contributed by atoms with Crippen molar-refractivity contribution >= 4 is 11.9 Å². The topological polar surface area (TPSA) is 70.7 Å². The van der Waals surface area contributed by atoms with E-state index in [-0.39, 0.29) is 11.9 Å². The van der Waals surface area contributed by atoms with Crippen LogP contribution in [0.25, 0.3) is 0 Å². The molecular weight excluding hydrogens is 240 g/mol. The highest BCUT2D eigenvalue weighted by molar-refractivity contribution is 6.05. The molecule has 2 rings (SSSR count). The summed E-state index contributed by atoms with van der Waals surface area (Å²) in [5.41, 5.74) is 6.33. The average Bonchev–Trinajstić information content (AvgIpc) is 2.42. The zero-order valence-corrected chi connectivity index (χ0v) is 11.2. The number of rotatable bonds is 2. The number of nitrogens with one attached hydrogen (secondary N) is 1. The normalized spacial score (nSPS) is 17.3. The molecule has 0 saturated carbocycles. The second-order valence-electron chi connectivity index (χ2n) is 4.94. The Hall–Kier alpha value is -2.04. The molecule has 5 heteroatoms. The molecule has 0 radical (unpaired) electrons. The van der Waals surface area contributed by atoms with Crippen LogP contribution >= 0.6 is 0 Å². The van der Waals surface area contributed by atoms with Gasteiger partial charge in [-0.1, -0.05) is 25.1 Å². The van der Waals surface area contributed by atoms with Crippen molar-refractivity contribution in [3.8, 4) is 0 Å². The third kappa shape index (κ3) is 3.98. The number of hydrogen-bond donors (Lipinski definition) is 2. The summed E-state index contributed by atoms with van der Waals surface area (Å²) < 4.78 is 0. The molecule has 1 aliphatic heterocycles. The van der Waals surface area contributed by atoms with Gasteiger partial charge in [-0.05, 0) is 30.9 Å². The molecule has 1 aliphatic rings. The number of piperidine rings is 1. The van der Waals surface area contributed by atoms with E-state index in [9.17, 15) is 4.79 Å². The van der Waals surface area contributed by atoms with E-state index in [1.165, 1.54) is 0 Å². The van der Waals surface area contributed by atoms with Crippen LogP contribution in [0, 0.1) is 5.92 Å². The van der Waals surface area contributed by atoms with Crippen LogP contribution in [0.2, 0.25) is 0 Å². The maximum atomic E-state index is 11.9. The van der Waals surface area contributed by atoms with Gasteiger partial charge in [0.15, 0.2) is 0 Å². The summed E-state index contributed by atoms with van der Waals surface area (Å²) in [6.07, 6.45) is 2.23. The van der Waals surface area contributed by atoms with Crippen molar-refractivity contribution in [2.75, 3.05) is 13.1 Å². The van der Waals surface area contributed by atoms with E-state index in [0.29, 0.717) is 5.56 Å². The number of carbonyl (C=O) groups is 1. The molecule has 0 aliphatic carbocycles. The molecule has 0 atom stereocenters. The molecule has 5 nitrogen and oxygen atoms in total. The summed E-state index contributed by atoms with van der Waals surface area (Å²) in [6.45, 7) is 4.02. The molecule has 1 aromatic rings. The Morgan fingerprint density at radius 2 is 1.95 bits per heavy atom. The molecule has 0 unspecified atom stereocenters. The van der Waals surface area contributed by atoms with Crippen molar-refractivity contribution in [1.29, 1.82) is 0 Å². The van der Waals surface area contributed by atoms with Crippen LogP contribution in [0.3, 0.4) is 0 Å². The van der Waals surface area contributed by atoms with Crippen molar-refractivity contribution in [2.24, 2.45) is 16.8 Å². The lowest BCUT2D eigenvalue weighted by atomic mass is 10.0. The standard InChI is InChI=1S/C14H20N4O/c1-11-7-9-18(10-8-11)17-14(15)16-13(19)12-5-3-2-4-6-12/h2-6,11H,7-10H2,1H3,(H3,15,16,17,19). The lowest BCUT2D eigenvalue weighted by molar-refractivity contribution is 0.0975. The summed E-state index contributed by atoms with van der Waals surface area (Å²) in [4.78, 5) is 11.9. The number of hydrogen-bond acceptors (Lipinski definition) is 3. The van der Waals surface area contributed by atoms with Gasteiger partial charge >= 0.3 is 0 Å². The van der Waals surface area contributed by atoms with Crippen LogP contribution in [0.15, 0.2) is 35.4 Å². The van der Waals surface area contributed by atoms with Crippen molar-refractivity contribution in [3.63, 3.8) is 0 Å². The molecule has 1 heterocycles. The Balaban J connectivity index is 1.90. The Labute approximate surface area is 113 Å². The van der Waals surface area contributed by atoms with Gasteiger partial charge in [-0.3, -0.25) is 15.1 Å². The predicted octanol–water partition coefficient (Wildman–Crippen LogP) is 1.38. The highest BCUT2D eigenvalue weighted by Gasteiger charge is 2.14. The highest BCUT2D eigenvalue weighted by atomic mass is 16.1. The van der Waals surface area contributed by atoms with Gasteiger partial charge in [0, 0.05) is 18.7 Å². The number of benzene rings is 1. The van der Waals surface area contributed by atoms with E-state index in [1.54, 1.807) is 12.1 Å². The first-order chi connectivity index (χ1) is 9.15. The maximum absolute atomic E-state index is 11.9. The number of carbonyl (C=O) groups excluding carboxylic acids is 1. The predicted molar refractivity (Wildman–Crippen MR) is 75.5 cm³/mol. The number of guanidine groups is 1. The lowest BCUT2D eigenvalue weighted by Gasteiger charge is -2.27. The van der Waals surface area contributed by atoms with Crippen LogP contribution in [-0.4, -0.2) is 30.0 Å². The molecule has 1 amide bonds. The first kappa shape index (κ1) is 13.4. The lowest BCUT2D eigenvalue weighted by Crippen LogP contribution is -2.40. The van der Waals surface area contributed by atoms with Gasteiger partial charge in [-0.2, -0.15) is 0 Å². The molecule has 0 bridgehead atoms. The Kier molecular flexibility index (Phi) is 4.39. The fraction of sp³-hybridized carbons (Fsp3) is 0.429. The molecule has 1 fully saturated rings. The SMILES string of the molecule is CC1CCN(N=C(N)NC(=O)c2ccccc2)CC1. The second kappa shape index (κ2) is 6.22. The van der Waals surface area contributed by atoms with Gasteiger partial charge < -0.3 is 5.73 Å². The van der Waals surface area contributed by atoms with E-state index in [2.05, 4.69) is 17.3 Å². The minimum Gasteiger partial charge on any atom is -0.368 e. The number of amides is 1. The molecule has 19 heavy (non-hydrogen) atoms. The molecule has 1 saturated heterocycles. The van der Waals surface area contributed by atoms with Gasteiger partial charge in [0.1, 0.15) is 0 Å². The number of hydrazone groups is 1. The summed E-state index contributed by atoms with van der Waals surface area (Å²) in [5, 5.41) is 8.75. The van der Waals surface area contributed by atoms with Gasteiger partial charge in [-0.25, -0.2) is 0 Å². The van der Waals surface area contributed by atoms with Crippen molar-refractivity contribution in [3.05, 3.63) is 35.9 Å². The third-order valence-corrected chi connectivity index (χ3v) is 3.29. The summed E-state index contributed by atoms with van der Waals surface area (Å²) in [5.74, 6) is 0.669. The summed E-state index contributed by atoms with van der Waals surface area (Å²) in [6, 6.07) is 8.97. The van der Waals surface area contributed by atoms with Crippen LogP contribution < -0.4 is 11.1 Å². The Morgan fingerprint density at radius 3 is 2.58 bits per heavy atom. The minimum atomic E-state index is -0.229. The van der Waals surface area contributed by atoms with E-state index in [0.717, 1.165) is 31.8 Å². The van der Waals surface area contributed by atoms with E-state index >= 15 is 0 Å². The van der Waals surface area contributed by atoms with Crippen LogP contribution in [0.1, 0.15) is 30.1 Å². The maximum Gasteiger partial charge on any atom is 0.257 e. The van der Waals surface area contributed by atoms with E-state index in [1.807, 2.05) is 23.2 Å². The van der Waals surface area contributed by atoms with E-state index in [4.69, 9.17) is 5.73 Å². The smallest absolute Gasteiger partial charge is 0.257 e. The monoisotopic (exact) mass is 260 g/mol. The Bertz CT molecular complexity index is 450. The van der Waals surface area contributed by atoms with Gasteiger partial charge in [0.05, 0.1) is 0 Å². The van der Waals surface area contributed by atoms with Crippen molar-refractivity contribution in [2.45, 2.75) is 19.8 Å². The third-order valence-electron chi connectivity index (χ3n) is 3.29. The van der Waals surface area contributed by atoms with Crippen molar-refractivity contribution in [1.82, 2.24) is 10.3 Å². The quantitative estimate of drug-likeness (QED) is 0.623. The zero-order valence-electron chi connectivity index (χ0n) is 11.2. The number of nitrogens with two attached hydrogens (primary N) is 1. The van der Waals surface area contributed by atoms with Crippen LogP contribution in [0.5, 0.6) is 0 Å². The Morgan fingerprint density at radius 1 is 1.32 bits per heavy atom. The number of nitrogens with zero attached hydrogens (tertiary/aromatic N) is 2. The van der Waals surface area contributed by atoms with Crippen LogP contribution in [0.4, 0.5) is 0 Å². The van der Waals surface area contributed by atoms with Gasteiger partial charge in [-0.15, -0.1) is 5.10 Å². The molecule has 1 aromatic carbocycles. The largest absolute Gasteiger partial charge is 0.368 e. The minimum absolute atomic E-state index is 0.156.